The quantitative estimate of drug-likeness (QED) is 0.492. The minimum atomic E-state index is -3.73. The Morgan fingerprint density at radius 1 is 1.52 bits per heavy atom. The molecule has 1 aliphatic rings. The van der Waals surface area contributed by atoms with E-state index in [1.54, 1.807) is 0 Å². The average molecular weight is 334 g/mol. The van der Waals surface area contributed by atoms with Gasteiger partial charge in [0.1, 0.15) is 4.21 Å². The van der Waals surface area contributed by atoms with E-state index < -0.39 is 14.9 Å². The summed E-state index contributed by atoms with van der Waals surface area (Å²) in [6, 6.07) is 1.07. The summed E-state index contributed by atoms with van der Waals surface area (Å²) in [6.07, 6.45) is 1.74. The van der Waals surface area contributed by atoms with Crippen LogP contribution >= 0.6 is 11.3 Å². The third-order valence-electron chi connectivity index (χ3n) is 3.48. The molecule has 0 saturated carbocycles. The van der Waals surface area contributed by atoms with E-state index in [0.717, 1.165) is 30.2 Å². The fraction of sp³-hybridized carbons (Fsp3) is 0.636. The molecule has 0 atom stereocenters. The molecule has 8 nitrogen and oxygen atoms in total. The summed E-state index contributed by atoms with van der Waals surface area (Å²) >= 11 is 0.781. The van der Waals surface area contributed by atoms with Crippen LogP contribution in [0.25, 0.3) is 0 Å². The second kappa shape index (κ2) is 5.52. The first-order valence-electron chi connectivity index (χ1n) is 6.42. The number of nitrogens with one attached hydrogen (secondary N) is 1. The van der Waals surface area contributed by atoms with Crippen molar-refractivity contribution in [2.24, 2.45) is 11.3 Å². The van der Waals surface area contributed by atoms with E-state index in [-0.39, 0.29) is 20.3 Å². The van der Waals surface area contributed by atoms with E-state index in [0.29, 0.717) is 13.1 Å². The second-order valence-electron chi connectivity index (χ2n) is 5.79. The first-order valence-corrected chi connectivity index (χ1v) is 8.68. The Kier molecular flexibility index (Phi) is 4.24. The lowest BCUT2D eigenvalue weighted by atomic mass is 9.85. The Balaban J connectivity index is 2.38. The predicted molar refractivity (Wildman–Crippen MR) is 80.6 cm³/mol. The molecule has 1 aromatic rings. The van der Waals surface area contributed by atoms with Gasteiger partial charge in [-0.1, -0.05) is 25.2 Å². The molecular weight excluding hydrogens is 316 g/mol. The number of nitrogens with zero attached hydrogens (tertiary/aromatic N) is 2. The highest BCUT2D eigenvalue weighted by atomic mass is 32.2. The maximum Gasteiger partial charge on any atom is 0.306 e. The van der Waals surface area contributed by atoms with Gasteiger partial charge in [-0.25, -0.2) is 14.3 Å². The predicted octanol–water partition coefficient (Wildman–Crippen LogP) is 1.75. The number of nitrogen functional groups attached to an aromatic ring is 1. The normalized spacial score (nSPS) is 19.4. The summed E-state index contributed by atoms with van der Waals surface area (Å²) in [7, 11) is -3.73. The van der Waals surface area contributed by atoms with Crippen LogP contribution in [0.5, 0.6) is 0 Å². The molecule has 0 bridgehead atoms. The Morgan fingerprint density at radius 2 is 2.19 bits per heavy atom. The zero-order valence-electron chi connectivity index (χ0n) is 11.8. The van der Waals surface area contributed by atoms with Crippen LogP contribution in [-0.2, 0) is 10.0 Å². The lowest BCUT2D eigenvalue weighted by Crippen LogP contribution is -2.43. The summed E-state index contributed by atoms with van der Waals surface area (Å²) in [5, 5.41) is 10.9. The highest BCUT2D eigenvalue weighted by Crippen LogP contribution is 2.39. The molecule has 0 unspecified atom stereocenters. The molecule has 3 N–H and O–H groups in total. The van der Waals surface area contributed by atoms with Gasteiger partial charge < -0.3 is 5.43 Å². The number of rotatable bonds is 4. The lowest BCUT2D eigenvalue weighted by Gasteiger charge is -2.36. The molecule has 118 valence electrons. The summed E-state index contributed by atoms with van der Waals surface area (Å²) in [5.74, 6) is 5.21. The van der Waals surface area contributed by atoms with Crippen molar-refractivity contribution in [3.8, 4) is 0 Å². The maximum absolute atomic E-state index is 12.6. The molecule has 2 heterocycles. The minimum Gasteiger partial charge on any atom is -0.310 e. The molecule has 0 amide bonds. The minimum absolute atomic E-state index is 0.0369. The standard InChI is InChI=1S/C11H18N4O4S2/c1-11(2)4-3-5-14(7-11)21(18,19)9-6-8(15(16)17)10(13-12)20-9/h6,13H,3-5,7,12H2,1-2H3. The number of sulfonamides is 1. The van der Waals surface area contributed by atoms with Gasteiger partial charge in [-0.2, -0.15) is 4.31 Å². The van der Waals surface area contributed by atoms with Gasteiger partial charge >= 0.3 is 5.69 Å². The SMILES string of the molecule is CC1(C)CCCN(S(=O)(=O)c2cc([N+](=O)[O-])c(NN)s2)C1. The Labute approximate surface area is 127 Å². The summed E-state index contributed by atoms with van der Waals surface area (Å²) < 4.78 is 26.6. The van der Waals surface area contributed by atoms with Gasteiger partial charge in [0.2, 0.25) is 0 Å². The Hall–Kier alpha value is -1.23. The van der Waals surface area contributed by atoms with Gasteiger partial charge in [-0.05, 0) is 18.3 Å². The maximum atomic E-state index is 12.6. The highest BCUT2D eigenvalue weighted by molar-refractivity contribution is 7.91. The number of nitro groups is 1. The van der Waals surface area contributed by atoms with Gasteiger partial charge in [-0.15, -0.1) is 0 Å². The van der Waals surface area contributed by atoms with Crippen molar-refractivity contribution in [1.29, 1.82) is 0 Å². The highest BCUT2D eigenvalue weighted by Gasteiger charge is 2.36. The fourth-order valence-corrected chi connectivity index (χ4v) is 5.49. The lowest BCUT2D eigenvalue weighted by molar-refractivity contribution is -0.383. The average Bonchev–Trinajstić information content (AvgIpc) is 2.82. The summed E-state index contributed by atoms with van der Waals surface area (Å²) in [4.78, 5) is 10.3. The molecule has 1 fully saturated rings. The topological polar surface area (TPSA) is 119 Å². The Bertz CT molecular complexity index is 653. The van der Waals surface area contributed by atoms with Crippen LogP contribution in [0.15, 0.2) is 10.3 Å². The van der Waals surface area contributed by atoms with Gasteiger partial charge in [0.25, 0.3) is 10.0 Å². The number of hydrogen-bond donors (Lipinski definition) is 2. The molecular formula is C11H18N4O4S2. The number of hydrogen-bond acceptors (Lipinski definition) is 7. The second-order valence-corrected chi connectivity index (χ2v) is 9.00. The van der Waals surface area contributed by atoms with Crippen LogP contribution in [0.2, 0.25) is 0 Å². The van der Waals surface area contributed by atoms with Crippen molar-refractivity contribution < 1.29 is 13.3 Å². The smallest absolute Gasteiger partial charge is 0.306 e. The molecule has 0 spiro atoms. The molecule has 10 heteroatoms. The summed E-state index contributed by atoms with van der Waals surface area (Å²) in [6.45, 7) is 4.87. The van der Waals surface area contributed by atoms with E-state index in [1.807, 2.05) is 13.8 Å². The van der Waals surface area contributed by atoms with E-state index in [4.69, 9.17) is 5.84 Å². The molecule has 1 aromatic heterocycles. The van der Waals surface area contributed by atoms with Gasteiger partial charge in [-0.3, -0.25) is 10.1 Å². The van der Waals surface area contributed by atoms with Crippen molar-refractivity contribution in [2.75, 3.05) is 18.5 Å². The molecule has 0 aliphatic carbocycles. The third kappa shape index (κ3) is 3.18. The van der Waals surface area contributed by atoms with Crippen molar-refractivity contribution >= 4 is 32.0 Å². The zero-order valence-corrected chi connectivity index (χ0v) is 13.5. The van der Waals surface area contributed by atoms with Crippen molar-refractivity contribution in [2.45, 2.75) is 30.9 Å². The zero-order chi connectivity index (χ0) is 15.8. The van der Waals surface area contributed by atoms with Crippen molar-refractivity contribution in [3.63, 3.8) is 0 Å². The van der Waals surface area contributed by atoms with Gasteiger partial charge in [0.15, 0.2) is 5.00 Å². The molecule has 1 aliphatic heterocycles. The number of hydrazine groups is 1. The van der Waals surface area contributed by atoms with Crippen LogP contribution in [0.3, 0.4) is 0 Å². The fourth-order valence-electron chi connectivity index (χ4n) is 2.43. The first-order chi connectivity index (χ1) is 9.67. The van der Waals surface area contributed by atoms with Crippen LogP contribution in [0.4, 0.5) is 10.7 Å². The van der Waals surface area contributed by atoms with Crippen LogP contribution in [0, 0.1) is 15.5 Å². The van der Waals surface area contributed by atoms with E-state index >= 15 is 0 Å². The molecule has 1 saturated heterocycles. The third-order valence-corrected chi connectivity index (χ3v) is 6.83. The van der Waals surface area contributed by atoms with Crippen LogP contribution < -0.4 is 11.3 Å². The monoisotopic (exact) mass is 334 g/mol. The van der Waals surface area contributed by atoms with E-state index in [9.17, 15) is 18.5 Å². The van der Waals surface area contributed by atoms with Gasteiger partial charge in [0.05, 0.1) is 4.92 Å². The molecule has 2 rings (SSSR count). The largest absolute Gasteiger partial charge is 0.310 e. The summed E-state index contributed by atoms with van der Waals surface area (Å²) in [5.41, 5.74) is 1.77. The molecule has 21 heavy (non-hydrogen) atoms. The van der Waals surface area contributed by atoms with E-state index in [1.165, 1.54) is 4.31 Å². The number of anilines is 1. The number of thiophene rings is 1. The van der Waals surface area contributed by atoms with Crippen LogP contribution in [-0.4, -0.2) is 30.7 Å². The molecule has 0 aromatic carbocycles. The molecule has 0 radical (unpaired) electrons. The number of piperidine rings is 1. The van der Waals surface area contributed by atoms with Crippen molar-refractivity contribution in [3.05, 3.63) is 16.2 Å². The Morgan fingerprint density at radius 3 is 2.67 bits per heavy atom. The van der Waals surface area contributed by atoms with Gasteiger partial charge in [0, 0.05) is 19.2 Å². The number of nitrogens with two attached hydrogens (primary N) is 1. The van der Waals surface area contributed by atoms with Crippen molar-refractivity contribution in [1.82, 2.24) is 4.31 Å². The first kappa shape index (κ1) is 16.1. The van der Waals surface area contributed by atoms with Crippen LogP contribution in [0.1, 0.15) is 26.7 Å². The van der Waals surface area contributed by atoms with E-state index in [2.05, 4.69) is 5.43 Å².